The lowest BCUT2D eigenvalue weighted by molar-refractivity contribution is -0.138. The smallest absolute Gasteiger partial charge is 0.243 e. The highest BCUT2D eigenvalue weighted by molar-refractivity contribution is 7.89. The quantitative estimate of drug-likeness (QED) is 0.825. The molecule has 0 radical (unpaired) electrons. The van der Waals surface area contributed by atoms with Crippen molar-refractivity contribution in [2.45, 2.75) is 30.2 Å². The van der Waals surface area contributed by atoms with E-state index >= 15 is 0 Å². The van der Waals surface area contributed by atoms with E-state index in [0.717, 1.165) is 18.9 Å². The molecule has 2 aliphatic heterocycles. The molecule has 1 amide bonds. The number of sulfonamides is 1. The summed E-state index contributed by atoms with van der Waals surface area (Å²) in [5.41, 5.74) is 0. The molecule has 0 saturated carbocycles. The molecule has 2 saturated heterocycles. The van der Waals surface area contributed by atoms with Gasteiger partial charge >= 0.3 is 0 Å². The van der Waals surface area contributed by atoms with Gasteiger partial charge in [-0.2, -0.15) is 4.31 Å². The lowest BCUT2D eigenvalue weighted by Crippen LogP contribution is -2.57. The van der Waals surface area contributed by atoms with Gasteiger partial charge in [-0.1, -0.05) is 6.07 Å². The summed E-state index contributed by atoms with van der Waals surface area (Å²) in [6.45, 7) is 0.976. The van der Waals surface area contributed by atoms with Crippen LogP contribution >= 0.6 is 0 Å². The second kappa shape index (κ2) is 5.38. The summed E-state index contributed by atoms with van der Waals surface area (Å²) in [7, 11) is -3.70. The van der Waals surface area contributed by atoms with Gasteiger partial charge in [-0.25, -0.2) is 12.8 Å². The zero-order chi connectivity index (χ0) is 15.0. The molecule has 0 spiro atoms. The van der Waals surface area contributed by atoms with Crippen molar-refractivity contribution in [1.29, 1.82) is 0 Å². The predicted molar refractivity (Wildman–Crippen MR) is 74.5 cm³/mol. The van der Waals surface area contributed by atoms with E-state index in [1.807, 2.05) is 0 Å². The van der Waals surface area contributed by atoms with Gasteiger partial charge in [0.05, 0.1) is 4.90 Å². The van der Waals surface area contributed by atoms with Crippen LogP contribution in [0.1, 0.15) is 19.3 Å². The Morgan fingerprint density at radius 2 is 2.05 bits per heavy atom. The van der Waals surface area contributed by atoms with Gasteiger partial charge in [0.2, 0.25) is 15.9 Å². The number of nitrogens with zero attached hydrogens (tertiary/aromatic N) is 2. The van der Waals surface area contributed by atoms with Crippen LogP contribution in [-0.2, 0) is 14.8 Å². The van der Waals surface area contributed by atoms with Crippen LogP contribution in [0.5, 0.6) is 0 Å². The average Bonchev–Trinajstić information content (AvgIpc) is 2.47. The third kappa shape index (κ3) is 2.67. The summed E-state index contributed by atoms with van der Waals surface area (Å²) in [5.74, 6) is -0.461. The lowest BCUT2D eigenvalue weighted by Gasteiger charge is -2.43. The first-order valence-electron chi connectivity index (χ1n) is 7.04. The fourth-order valence-electron chi connectivity index (χ4n) is 3.03. The Morgan fingerprint density at radius 3 is 2.81 bits per heavy atom. The average molecular weight is 312 g/mol. The number of benzene rings is 1. The molecule has 2 heterocycles. The van der Waals surface area contributed by atoms with Gasteiger partial charge < -0.3 is 4.90 Å². The van der Waals surface area contributed by atoms with Crippen LogP contribution in [0.2, 0.25) is 0 Å². The first kappa shape index (κ1) is 14.5. The molecule has 0 aliphatic carbocycles. The van der Waals surface area contributed by atoms with Crippen molar-refractivity contribution in [1.82, 2.24) is 9.21 Å². The fraction of sp³-hybridized carbons (Fsp3) is 0.500. The highest BCUT2D eigenvalue weighted by Gasteiger charge is 2.37. The van der Waals surface area contributed by atoms with E-state index in [1.165, 1.54) is 22.5 Å². The minimum atomic E-state index is -3.70. The summed E-state index contributed by atoms with van der Waals surface area (Å²) in [6, 6.07) is 4.99. The van der Waals surface area contributed by atoms with Gasteiger partial charge in [0.1, 0.15) is 5.82 Å². The molecule has 114 valence electrons. The number of fused-ring (bicyclic) bond motifs is 1. The van der Waals surface area contributed by atoms with Gasteiger partial charge in [-0.15, -0.1) is 0 Å². The normalized spacial score (nSPS) is 24.0. The molecule has 1 aromatic rings. The second-order valence-electron chi connectivity index (χ2n) is 5.45. The predicted octanol–water partition coefficient (Wildman–Crippen LogP) is 1.21. The van der Waals surface area contributed by atoms with E-state index in [1.54, 1.807) is 4.90 Å². The van der Waals surface area contributed by atoms with Crippen LogP contribution in [0.15, 0.2) is 29.2 Å². The van der Waals surface area contributed by atoms with E-state index in [2.05, 4.69) is 0 Å². The Kier molecular flexibility index (Phi) is 3.71. The third-order valence-electron chi connectivity index (χ3n) is 4.13. The molecule has 1 unspecified atom stereocenters. The Morgan fingerprint density at radius 1 is 1.24 bits per heavy atom. The summed E-state index contributed by atoms with van der Waals surface area (Å²) < 4.78 is 39.7. The molecule has 1 aromatic carbocycles. The van der Waals surface area contributed by atoms with E-state index < -0.39 is 15.8 Å². The molecular weight excluding hydrogens is 295 g/mol. The topological polar surface area (TPSA) is 57.7 Å². The van der Waals surface area contributed by atoms with Gasteiger partial charge in [0, 0.05) is 32.1 Å². The number of carbonyl (C=O) groups is 1. The van der Waals surface area contributed by atoms with Gasteiger partial charge in [0.15, 0.2) is 0 Å². The highest BCUT2D eigenvalue weighted by atomic mass is 32.2. The van der Waals surface area contributed by atoms with Crippen molar-refractivity contribution in [3.8, 4) is 0 Å². The molecule has 7 heteroatoms. The molecule has 0 aromatic heterocycles. The van der Waals surface area contributed by atoms with Gasteiger partial charge in [0.25, 0.3) is 0 Å². The first-order chi connectivity index (χ1) is 9.98. The van der Waals surface area contributed by atoms with Crippen molar-refractivity contribution in [3.63, 3.8) is 0 Å². The van der Waals surface area contributed by atoms with E-state index in [-0.39, 0.29) is 23.4 Å². The van der Waals surface area contributed by atoms with Crippen LogP contribution in [0.3, 0.4) is 0 Å². The van der Waals surface area contributed by atoms with Crippen LogP contribution in [0.25, 0.3) is 0 Å². The van der Waals surface area contributed by atoms with Crippen molar-refractivity contribution in [2.24, 2.45) is 0 Å². The van der Waals surface area contributed by atoms with Crippen molar-refractivity contribution >= 4 is 15.9 Å². The zero-order valence-electron chi connectivity index (χ0n) is 11.5. The Labute approximate surface area is 123 Å². The summed E-state index contributed by atoms with van der Waals surface area (Å²) in [5, 5.41) is 0. The number of amides is 1. The monoisotopic (exact) mass is 312 g/mol. The molecule has 3 rings (SSSR count). The number of carbonyl (C=O) groups excluding carboxylic acids is 1. The fourth-order valence-corrected chi connectivity index (χ4v) is 4.53. The van der Waals surface area contributed by atoms with Gasteiger partial charge in [-0.05, 0) is 31.0 Å². The number of piperidine rings is 1. The summed E-state index contributed by atoms with van der Waals surface area (Å²) >= 11 is 0. The summed E-state index contributed by atoms with van der Waals surface area (Å²) in [4.78, 5) is 13.6. The Hall–Kier alpha value is -1.47. The maximum atomic E-state index is 13.2. The largest absolute Gasteiger partial charge is 0.337 e. The zero-order valence-corrected chi connectivity index (χ0v) is 12.4. The van der Waals surface area contributed by atoms with Crippen LogP contribution < -0.4 is 0 Å². The van der Waals surface area contributed by atoms with Crippen molar-refractivity contribution < 1.29 is 17.6 Å². The Bertz CT molecular complexity index is 662. The molecule has 2 fully saturated rings. The molecule has 21 heavy (non-hydrogen) atoms. The molecule has 0 N–H and O–H groups in total. The number of piperazine rings is 1. The molecular formula is C14H17FN2O3S. The van der Waals surface area contributed by atoms with Crippen LogP contribution in [0, 0.1) is 5.82 Å². The van der Waals surface area contributed by atoms with Crippen LogP contribution in [0.4, 0.5) is 4.39 Å². The summed E-state index contributed by atoms with van der Waals surface area (Å²) in [6.07, 6.45) is 2.17. The van der Waals surface area contributed by atoms with Crippen LogP contribution in [-0.4, -0.2) is 49.2 Å². The van der Waals surface area contributed by atoms with Gasteiger partial charge in [-0.3, -0.25) is 4.79 Å². The van der Waals surface area contributed by atoms with Crippen molar-refractivity contribution in [3.05, 3.63) is 30.1 Å². The highest BCUT2D eigenvalue weighted by Crippen LogP contribution is 2.26. The second-order valence-corrected chi connectivity index (χ2v) is 7.39. The van der Waals surface area contributed by atoms with Crippen molar-refractivity contribution in [2.75, 3.05) is 19.6 Å². The van der Waals surface area contributed by atoms with E-state index in [9.17, 15) is 17.6 Å². The molecule has 1 atom stereocenters. The molecule has 2 aliphatic rings. The maximum Gasteiger partial charge on any atom is 0.243 e. The lowest BCUT2D eigenvalue weighted by atomic mass is 10.00. The van der Waals surface area contributed by atoms with E-state index in [0.29, 0.717) is 19.5 Å². The third-order valence-corrected chi connectivity index (χ3v) is 5.99. The number of rotatable bonds is 2. The SMILES string of the molecule is O=C1CCCC2CN(S(=O)(=O)c3cccc(F)c3)CCN12. The minimum absolute atomic E-state index is 0.0296. The number of hydrogen-bond donors (Lipinski definition) is 0. The first-order valence-corrected chi connectivity index (χ1v) is 8.48. The van der Waals surface area contributed by atoms with E-state index in [4.69, 9.17) is 0 Å². The standard InChI is InChI=1S/C14H17FN2O3S/c15-11-3-1-5-13(9-11)21(19,20)16-7-8-17-12(10-16)4-2-6-14(17)18/h1,3,5,9,12H,2,4,6-8,10H2. The number of halogens is 1. The maximum absolute atomic E-state index is 13.2. The minimum Gasteiger partial charge on any atom is -0.337 e. The molecule has 0 bridgehead atoms. The Balaban J connectivity index is 1.83. The molecule has 5 nitrogen and oxygen atoms in total. The number of hydrogen-bond acceptors (Lipinski definition) is 3.